The van der Waals surface area contributed by atoms with Crippen LogP contribution < -0.4 is 15.4 Å². The second-order valence-corrected chi connectivity index (χ2v) is 6.64. The van der Waals surface area contributed by atoms with Crippen molar-refractivity contribution in [3.05, 3.63) is 29.3 Å². The van der Waals surface area contributed by atoms with Crippen molar-refractivity contribution in [2.24, 2.45) is 5.92 Å². The summed E-state index contributed by atoms with van der Waals surface area (Å²) in [6.07, 6.45) is 4.72. The zero-order valence-electron chi connectivity index (χ0n) is 15.3. The van der Waals surface area contributed by atoms with Crippen molar-refractivity contribution in [2.45, 2.75) is 53.4 Å². The monoisotopic (exact) mass is 350 g/mol. The second kappa shape index (κ2) is 11.0. The Bertz CT molecular complexity index is 546. The van der Waals surface area contributed by atoms with Crippen molar-refractivity contribution in [2.75, 3.05) is 13.2 Å². The van der Waals surface area contributed by atoms with E-state index in [1.165, 1.54) is 19.3 Å². The third-order valence-electron chi connectivity index (χ3n) is 4.05. The summed E-state index contributed by atoms with van der Waals surface area (Å²) in [4.78, 5) is 11.9. The van der Waals surface area contributed by atoms with Crippen LogP contribution in [0.1, 0.15) is 50.7 Å². The number of amides is 1. The molecule has 1 rings (SSSR count). The van der Waals surface area contributed by atoms with E-state index in [4.69, 9.17) is 17.0 Å². The molecule has 1 aromatic carbocycles. The molecule has 0 saturated heterocycles. The number of benzene rings is 1. The lowest BCUT2D eigenvalue weighted by molar-refractivity contribution is -0.121. The Balaban J connectivity index is 2.33. The Morgan fingerprint density at radius 1 is 1.29 bits per heavy atom. The Labute approximate surface area is 151 Å². The average Bonchev–Trinajstić information content (AvgIpc) is 2.56. The Hall–Kier alpha value is -1.62. The predicted molar refractivity (Wildman–Crippen MR) is 103 cm³/mol. The van der Waals surface area contributed by atoms with Gasteiger partial charge in [-0.05, 0) is 55.6 Å². The number of carbonyl (C=O) groups is 1. The van der Waals surface area contributed by atoms with Gasteiger partial charge in [0.25, 0.3) is 5.91 Å². The molecule has 0 fully saturated rings. The number of thiocarbonyl (C=S) groups is 1. The molecule has 0 radical (unpaired) electrons. The molecule has 0 heterocycles. The van der Waals surface area contributed by atoms with Crippen LogP contribution in [0, 0.1) is 19.8 Å². The van der Waals surface area contributed by atoms with Crippen molar-refractivity contribution < 1.29 is 9.53 Å². The van der Waals surface area contributed by atoms with Crippen LogP contribution in [-0.2, 0) is 4.79 Å². The molecule has 1 atom stereocenters. The lowest BCUT2D eigenvalue weighted by Crippen LogP contribution is -2.43. The fourth-order valence-corrected chi connectivity index (χ4v) is 2.59. The van der Waals surface area contributed by atoms with E-state index < -0.39 is 0 Å². The molecule has 24 heavy (non-hydrogen) atoms. The van der Waals surface area contributed by atoms with Crippen molar-refractivity contribution >= 4 is 23.2 Å². The van der Waals surface area contributed by atoms with Gasteiger partial charge in [0.05, 0.1) is 0 Å². The summed E-state index contributed by atoms with van der Waals surface area (Å²) in [6, 6.07) is 5.93. The first-order valence-corrected chi connectivity index (χ1v) is 9.14. The Morgan fingerprint density at radius 2 is 2.04 bits per heavy atom. The fourth-order valence-electron chi connectivity index (χ4n) is 2.39. The van der Waals surface area contributed by atoms with E-state index >= 15 is 0 Å². The molecule has 2 N–H and O–H groups in total. The normalized spacial score (nSPS) is 11.7. The molecule has 5 heteroatoms. The van der Waals surface area contributed by atoms with E-state index in [0.717, 1.165) is 29.8 Å². The van der Waals surface area contributed by atoms with Gasteiger partial charge >= 0.3 is 0 Å². The quantitative estimate of drug-likeness (QED) is 0.664. The van der Waals surface area contributed by atoms with Gasteiger partial charge in [0.1, 0.15) is 5.75 Å². The first kappa shape index (κ1) is 20.4. The number of hydrogen-bond acceptors (Lipinski definition) is 3. The van der Waals surface area contributed by atoms with E-state index in [1.54, 1.807) is 0 Å². The summed E-state index contributed by atoms with van der Waals surface area (Å²) >= 11 is 5.19. The highest BCUT2D eigenvalue weighted by Crippen LogP contribution is 2.18. The molecule has 0 aliphatic heterocycles. The summed E-state index contributed by atoms with van der Waals surface area (Å²) in [5.41, 5.74) is 2.11. The minimum absolute atomic E-state index is 0.0425. The molecule has 1 aromatic rings. The molecule has 1 unspecified atom stereocenters. The summed E-state index contributed by atoms with van der Waals surface area (Å²) in [5.74, 6) is 1.08. The molecule has 0 aliphatic carbocycles. The highest BCUT2D eigenvalue weighted by Gasteiger charge is 2.10. The van der Waals surface area contributed by atoms with E-state index in [2.05, 4.69) is 24.5 Å². The van der Waals surface area contributed by atoms with Crippen molar-refractivity contribution in [3.63, 3.8) is 0 Å². The Morgan fingerprint density at radius 3 is 2.71 bits per heavy atom. The highest BCUT2D eigenvalue weighted by atomic mass is 32.1. The summed E-state index contributed by atoms with van der Waals surface area (Å²) < 4.78 is 5.58. The van der Waals surface area contributed by atoms with Gasteiger partial charge in [-0.15, -0.1) is 0 Å². The summed E-state index contributed by atoms with van der Waals surface area (Å²) in [7, 11) is 0. The van der Waals surface area contributed by atoms with Crippen molar-refractivity contribution in [1.82, 2.24) is 10.6 Å². The molecule has 0 saturated carbocycles. The minimum Gasteiger partial charge on any atom is -0.483 e. The largest absolute Gasteiger partial charge is 0.483 e. The van der Waals surface area contributed by atoms with Crippen LogP contribution in [0.15, 0.2) is 18.2 Å². The molecular formula is C19H30N2O2S. The van der Waals surface area contributed by atoms with E-state index in [9.17, 15) is 4.79 Å². The van der Waals surface area contributed by atoms with E-state index in [0.29, 0.717) is 11.0 Å². The van der Waals surface area contributed by atoms with Gasteiger partial charge in [-0.25, -0.2) is 0 Å². The van der Waals surface area contributed by atoms with Gasteiger partial charge < -0.3 is 15.4 Å². The molecule has 0 bridgehead atoms. The molecule has 0 spiro atoms. The third kappa shape index (κ3) is 7.77. The number of rotatable bonds is 9. The predicted octanol–water partition coefficient (Wildman–Crippen LogP) is 3.89. The molecule has 134 valence electrons. The maximum absolute atomic E-state index is 11.9. The van der Waals surface area contributed by atoms with Crippen LogP contribution in [-0.4, -0.2) is 24.2 Å². The van der Waals surface area contributed by atoms with E-state index in [-0.39, 0.29) is 12.5 Å². The van der Waals surface area contributed by atoms with Crippen LogP contribution in [0.25, 0.3) is 0 Å². The van der Waals surface area contributed by atoms with Gasteiger partial charge in [-0.2, -0.15) is 0 Å². The van der Waals surface area contributed by atoms with Crippen molar-refractivity contribution in [3.8, 4) is 5.75 Å². The van der Waals surface area contributed by atoms with Gasteiger partial charge in [0, 0.05) is 6.54 Å². The highest BCUT2D eigenvalue weighted by molar-refractivity contribution is 7.80. The number of hydrogen-bond donors (Lipinski definition) is 2. The Kier molecular flexibility index (Phi) is 9.38. The topological polar surface area (TPSA) is 50.4 Å². The number of unbranched alkanes of at least 4 members (excludes halogenated alkanes) is 1. The number of carbonyl (C=O) groups excluding carboxylic acids is 1. The van der Waals surface area contributed by atoms with Crippen molar-refractivity contribution in [1.29, 1.82) is 0 Å². The van der Waals surface area contributed by atoms with Gasteiger partial charge in [0.15, 0.2) is 11.7 Å². The molecule has 4 nitrogen and oxygen atoms in total. The third-order valence-corrected chi connectivity index (χ3v) is 4.30. The van der Waals surface area contributed by atoms with Gasteiger partial charge in [0.2, 0.25) is 0 Å². The van der Waals surface area contributed by atoms with Crippen LogP contribution in [0.4, 0.5) is 0 Å². The average molecular weight is 351 g/mol. The van der Waals surface area contributed by atoms with E-state index in [1.807, 2.05) is 32.0 Å². The second-order valence-electron chi connectivity index (χ2n) is 6.23. The molecular weight excluding hydrogens is 320 g/mol. The van der Waals surface area contributed by atoms with Gasteiger partial charge in [-0.3, -0.25) is 4.79 Å². The zero-order chi connectivity index (χ0) is 17.9. The van der Waals surface area contributed by atoms with Crippen LogP contribution in [0.3, 0.4) is 0 Å². The van der Waals surface area contributed by atoms with Gasteiger partial charge in [-0.1, -0.05) is 45.2 Å². The first-order chi connectivity index (χ1) is 11.5. The fraction of sp³-hybridized carbons (Fsp3) is 0.579. The lowest BCUT2D eigenvalue weighted by Gasteiger charge is -2.17. The van der Waals surface area contributed by atoms with Crippen LogP contribution in [0.5, 0.6) is 5.75 Å². The summed E-state index contributed by atoms with van der Waals surface area (Å²) in [6.45, 7) is 9.09. The SMILES string of the molecule is CCCCC(CC)CNC(=S)NC(=O)COc1cc(C)ccc1C. The molecule has 1 amide bonds. The van der Waals surface area contributed by atoms with Crippen LogP contribution >= 0.6 is 12.2 Å². The molecule has 0 aliphatic rings. The minimum atomic E-state index is -0.241. The lowest BCUT2D eigenvalue weighted by atomic mass is 9.99. The number of ether oxygens (including phenoxy) is 1. The first-order valence-electron chi connectivity index (χ1n) is 8.74. The maximum atomic E-state index is 11.9. The summed E-state index contributed by atoms with van der Waals surface area (Å²) in [5, 5.41) is 6.19. The zero-order valence-corrected chi connectivity index (χ0v) is 16.1. The van der Waals surface area contributed by atoms with Crippen LogP contribution in [0.2, 0.25) is 0 Å². The standard InChI is InChI=1S/C19H30N2O2S/c1-5-7-8-16(6-2)12-20-19(24)21-18(22)13-23-17-11-14(3)9-10-15(17)4/h9-11,16H,5-8,12-13H2,1-4H3,(H2,20,21,22,24). The number of aryl methyl sites for hydroxylation is 2. The smallest absolute Gasteiger partial charge is 0.264 e. The molecule has 0 aromatic heterocycles. The number of nitrogens with one attached hydrogen (secondary N) is 2. The maximum Gasteiger partial charge on any atom is 0.264 e.